The third-order valence-electron chi connectivity index (χ3n) is 8.13. The van der Waals surface area contributed by atoms with Gasteiger partial charge in [0.15, 0.2) is 0 Å². The molecule has 0 heterocycles. The van der Waals surface area contributed by atoms with Crippen LogP contribution < -0.4 is 0 Å². The third-order valence-corrected chi connectivity index (χ3v) is 8.13. The van der Waals surface area contributed by atoms with Gasteiger partial charge in [-0.1, -0.05) is 108 Å². The molecule has 2 atom stereocenters. The van der Waals surface area contributed by atoms with Gasteiger partial charge in [0.05, 0.1) is 12.1 Å². The fourth-order valence-corrected chi connectivity index (χ4v) is 5.31. The summed E-state index contributed by atoms with van der Waals surface area (Å²) in [6.45, 7) is 26.0. The molecule has 0 aliphatic heterocycles. The molecule has 5 heteroatoms. The van der Waals surface area contributed by atoms with E-state index in [0.717, 1.165) is 47.9 Å². The Balaban J connectivity index is 0.00000441. The molecule has 1 radical (unpaired) electrons. The normalized spacial score (nSPS) is 18.7. The van der Waals surface area contributed by atoms with Crippen molar-refractivity contribution >= 4 is 12.4 Å². The molecular formula is C37H57CoN2O2-. The van der Waals surface area contributed by atoms with Crippen LogP contribution in [0.2, 0.25) is 0 Å². The number of hydrogen-bond acceptors (Lipinski definition) is 4. The maximum Gasteiger partial charge on any atom is 0.128 e. The summed E-state index contributed by atoms with van der Waals surface area (Å²) in [5.74, 6) is 0.637. The summed E-state index contributed by atoms with van der Waals surface area (Å²) in [6, 6.07) is 8.53. The van der Waals surface area contributed by atoms with Gasteiger partial charge in [0.25, 0.3) is 0 Å². The fraction of sp³-hybridized carbons (Fsp3) is 0.595. The van der Waals surface area contributed by atoms with Crippen LogP contribution in [0.1, 0.15) is 142 Å². The zero-order chi connectivity index (χ0) is 30.3. The molecule has 42 heavy (non-hydrogen) atoms. The Morgan fingerprint density at radius 3 is 1.14 bits per heavy atom. The van der Waals surface area contributed by atoms with Crippen LogP contribution in [0.15, 0.2) is 34.3 Å². The Kier molecular flexibility index (Phi) is 12.3. The van der Waals surface area contributed by atoms with Gasteiger partial charge in [0, 0.05) is 51.5 Å². The van der Waals surface area contributed by atoms with Gasteiger partial charge in [-0.25, -0.2) is 0 Å². The number of aromatic hydroxyl groups is 2. The molecule has 2 aromatic carbocycles. The molecule has 1 aliphatic rings. The van der Waals surface area contributed by atoms with Gasteiger partial charge >= 0.3 is 0 Å². The van der Waals surface area contributed by atoms with E-state index in [-0.39, 0.29) is 57.9 Å². The largest absolute Gasteiger partial charge is 0.507 e. The molecule has 237 valence electrons. The van der Waals surface area contributed by atoms with Crippen LogP contribution in [-0.2, 0) is 38.4 Å². The molecule has 0 spiro atoms. The first-order valence-corrected chi connectivity index (χ1v) is 15.0. The molecule has 3 rings (SSSR count). The molecular weight excluding hydrogens is 563 g/mol. The molecule has 0 bridgehead atoms. The van der Waals surface area contributed by atoms with Crippen LogP contribution in [0.5, 0.6) is 11.5 Å². The summed E-state index contributed by atoms with van der Waals surface area (Å²) in [7, 11) is 0. The van der Waals surface area contributed by atoms with Crippen molar-refractivity contribution in [3.8, 4) is 11.5 Å². The number of phenolic OH excluding ortho intramolecular Hbond substituents is 2. The molecule has 0 aromatic heterocycles. The number of aliphatic imine (C=N–C) groups is 2. The quantitative estimate of drug-likeness (QED) is 0.264. The van der Waals surface area contributed by atoms with Gasteiger partial charge < -0.3 is 17.6 Å². The number of rotatable bonds is 4. The van der Waals surface area contributed by atoms with E-state index in [1.54, 1.807) is 0 Å². The summed E-state index contributed by atoms with van der Waals surface area (Å²) in [5, 5.41) is 22.5. The van der Waals surface area contributed by atoms with E-state index in [1.165, 1.54) is 11.1 Å². The number of hydrogen-bond donors (Lipinski definition) is 2. The first-order chi connectivity index (χ1) is 18.2. The van der Waals surface area contributed by atoms with E-state index >= 15 is 0 Å². The van der Waals surface area contributed by atoms with Crippen molar-refractivity contribution in [3.05, 3.63) is 65.1 Å². The van der Waals surface area contributed by atoms with Gasteiger partial charge in [-0.15, -0.1) is 0 Å². The van der Waals surface area contributed by atoms with Crippen LogP contribution in [-0.4, -0.2) is 34.7 Å². The molecule has 2 unspecified atom stereocenters. The zero-order valence-corrected chi connectivity index (χ0v) is 29.6. The summed E-state index contributed by atoms with van der Waals surface area (Å²) in [4.78, 5) is 10.1. The summed E-state index contributed by atoms with van der Waals surface area (Å²) in [5.41, 5.74) is 5.39. The third kappa shape index (κ3) is 9.19. The van der Waals surface area contributed by atoms with Crippen LogP contribution in [0.25, 0.3) is 0 Å². The summed E-state index contributed by atoms with van der Waals surface area (Å²) in [6.07, 6.45) is 7.90. The smallest absolute Gasteiger partial charge is 0.128 e. The Labute approximate surface area is 267 Å². The average Bonchev–Trinajstić information content (AvgIpc) is 2.80. The van der Waals surface area contributed by atoms with E-state index in [0.29, 0.717) is 11.5 Å². The second-order valence-electron chi connectivity index (χ2n) is 15.9. The zero-order valence-electron chi connectivity index (χ0n) is 28.6. The first kappa shape index (κ1) is 37.9. The average molecular weight is 621 g/mol. The second kappa shape index (κ2) is 13.7. The van der Waals surface area contributed by atoms with Crippen molar-refractivity contribution in [2.45, 2.75) is 143 Å². The predicted octanol–water partition coefficient (Wildman–Crippen LogP) is 9.58. The monoisotopic (exact) mass is 620 g/mol. The molecule has 4 nitrogen and oxygen atoms in total. The van der Waals surface area contributed by atoms with Gasteiger partial charge in [-0.2, -0.15) is 0 Å². The standard InChI is InChI=1S/C36H54N2O2.CH3.Co/c1-33(2,3)25-17-23(31(39)27(19-25)35(7,8)9)21-37-29-15-13-14-16-30(29)38-22-24-18-26(34(4,5)6)20-28(32(24)40)36(10,11)12;;/h17-22,29-30,39-40H,13-16H2,1-12H3;1H3;/q;-1;. The van der Waals surface area contributed by atoms with Crippen LogP contribution in [0.4, 0.5) is 0 Å². The van der Waals surface area contributed by atoms with E-state index < -0.39 is 0 Å². The van der Waals surface area contributed by atoms with E-state index in [9.17, 15) is 10.2 Å². The Bertz CT molecular complexity index is 1170. The van der Waals surface area contributed by atoms with Crippen molar-refractivity contribution in [1.29, 1.82) is 0 Å². The van der Waals surface area contributed by atoms with E-state index in [1.807, 2.05) is 12.4 Å². The fourth-order valence-electron chi connectivity index (χ4n) is 5.31. The topological polar surface area (TPSA) is 65.2 Å². The predicted molar refractivity (Wildman–Crippen MR) is 179 cm³/mol. The summed E-state index contributed by atoms with van der Waals surface area (Å²) >= 11 is 0. The maximum atomic E-state index is 11.2. The molecule has 2 aromatic rings. The Hall–Kier alpha value is -2.11. The minimum absolute atomic E-state index is 0. The maximum absolute atomic E-state index is 11.2. The molecule has 1 saturated carbocycles. The molecule has 0 amide bonds. The van der Waals surface area contributed by atoms with Gasteiger partial charge in [0.2, 0.25) is 0 Å². The van der Waals surface area contributed by atoms with Crippen LogP contribution in [0.3, 0.4) is 0 Å². The van der Waals surface area contributed by atoms with Crippen molar-refractivity contribution < 1.29 is 27.0 Å². The number of nitrogens with zero attached hydrogens (tertiary/aromatic N) is 2. The molecule has 2 N–H and O–H groups in total. The minimum atomic E-state index is -0.179. The summed E-state index contributed by atoms with van der Waals surface area (Å²) < 4.78 is 0. The van der Waals surface area contributed by atoms with Crippen molar-refractivity contribution in [2.75, 3.05) is 0 Å². The molecule has 1 fully saturated rings. The van der Waals surface area contributed by atoms with Crippen molar-refractivity contribution in [2.24, 2.45) is 9.98 Å². The second-order valence-corrected chi connectivity index (χ2v) is 15.9. The van der Waals surface area contributed by atoms with Crippen LogP contribution in [0, 0.1) is 7.43 Å². The molecule has 1 aliphatic carbocycles. The number of benzene rings is 2. The first-order valence-electron chi connectivity index (χ1n) is 15.0. The van der Waals surface area contributed by atoms with E-state index in [4.69, 9.17) is 9.98 Å². The Morgan fingerprint density at radius 1 is 0.571 bits per heavy atom. The Morgan fingerprint density at radius 2 is 0.881 bits per heavy atom. The van der Waals surface area contributed by atoms with Gasteiger partial charge in [-0.3, -0.25) is 9.98 Å². The number of phenols is 2. The van der Waals surface area contributed by atoms with Crippen LogP contribution >= 0.6 is 0 Å². The minimum Gasteiger partial charge on any atom is -0.507 e. The van der Waals surface area contributed by atoms with Gasteiger partial charge in [-0.05, 0) is 57.8 Å². The SMILES string of the molecule is CC(C)(C)c1cc(C=NC2CCCCC2N=Cc2cc(C(C)(C)C)cc(C(C)(C)C)c2O)c(O)c(C(C)(C)C)c1.[CH3-].[Co]. The van der Waals surface area contributed by atoms with E-state index in [2.05, 4.69) is 107 Å². The van der Waals surface area contributed by atoms with Crippen molar-refractivity contribution in [1.82, 2.24) is 0 Å². The van der Waals surface area contributed by atoms with Crippen molar-refractivity contribution in [3.63, 3.8) is 0 Å². The molecule has 0 saturated heterocycles. The van der Waals surface area contributed by atoms with Gasteiger partial charge in [0.1, 0.15) is 11.5 Å².